The normalized spacial score (nSPS) is 19.1. The molecule has 0 unspecified atom stereocenters. The van der Waals surface area contributed by atoms with Crippen molar-refractivity contribution in [1.29, 1.82) is 0 Å². The molecule has 1 aliphatic heterocycles. The molecule has 0 spiro atoms. The maximum absolute atomic E-state index is 12.4. The average molecular weight is 354 g/mol. The van der Waals surface area contributed by atoms with Crippen LogP contribution in [0.3, 0.4) is 0 Å². The summed E-state index contributed by atoms with van der Waals surface area (Å²) in [5.41, 5.74) is 0.654. The van der Waals surface area contributed by atoms with E-state index in [1.165, 1.54) is 18.4 Å². The van der Waals surface area contributed by atoms with E-state index in [-0.39, 0.29) is 17.5 Å². The summed E-state index contributed by atoms with van der Waals surface area (Å²) in [5.74, 6) is 0.700. The summed E-state index contributed by atoms with van der Waals surface area (Å²) < 4.78 is 26.1. The van der Waals surface area contributed by atoms with E-state index in [0.717, 1.165) is 13.0 Å². The van der Waals surface area contributed by atoms with Gasteiger partial charge in [-0.2, -0.15) is 0 Å². The van der Waals surface area contributed by atoms with Crippen LogP contribution in [-0.4, -0.2) is 68.5 Å². The number of likely N-dealkylation sites (tertiary alicyclic amines) is 1. The van der Waals surface area contributed by atoms with E-state index < -0.39 is 10.0 Å². The molecule has 24 heavy (non-hydrogen) atoms. The van der Waals surface area contributed by atoms with Gasteiger partial charge in [0.25, 0.3) is 0 Å². The molecule has 8 heteroatoms. The zero-order valence-corrected chi connectivity index (χ0v) is 15.3. The summed E-state index contributed by atoms with van der Waals surface area (Å²) in [6.45, 7) is 4.24. The molecule has 1 atom stereocenters. The lowest BCUT2D eigenvalue weighted by Crippen LogP contribution is -2.40. The number of benzene rings is 1. The molecule has 7 nitrogen and oxygen atoms in total. The molecule has 0 amide bonds. The van der Waals surface area contributed by atoms with Crippen molar-refractivity contribution in [3.8, 4) is 0 Å². The van der Waals surface area contributed by atoms with Crippen LogP contribution in [0, 0.1) is 0 Å². The Morgan fingerprint density at radius 3 is 2.71 bits per heavy atom. The first kappa shape index (κ1) is 18.7. The van der Waals surface area contributed by atoms with Crippen molar-refractivity contribution in [2.24, 2.45) is 4.99 Å². The van der Waals surface area contributed by atoms with Gasteiger partial charge in [0.2, 0.25) is 10.0 Å². The van der Waals surface area contributed by atoms with Crippen LogP contribution in [0.4, 0.5) is 0 Å². The zero-order valence-electron chi connectivity index (χ0n) is 14.4. The van der Waals surface area contributed by atoms with Crippen LogP contribution in [-0.2, 0) is 16.6 Å². The minimum atomic E-state index is -3.51. The Morgan fingerprint density at radius 2 is 2.12 bits per heavy atom. The number of hydrogen-bond donors (Lipinski definition) is 2. The molecule has 2 N–H and O–H groups in total. The molecule has 2 rings (SSSR count). The molecular weight excluding hydrogens is 328 g/mol. The number of guanidine groups is 1. The quantitative estimate of drug-likeness (QED) is 0.593. The minimum absolute atomic E-state index is 0.262. The number of rotatable bonds is 5. The van der Waals surface area contributed by atoms with Crippen LogP contribution in [0.15, 0.2) is 34.2 Å². The predicted molar refractivity (Wildman–Crippen MR) is 94.3 cm³/mol. The van der Waals surface area contributed by atoms with Crippen molar-refractivity contribution in [3.05, 3.63) is 29.8 Å². The number of sulfonamides is 1. The summed E-state index contributed by atoms with van der Waals surface area (Å²) in [5, 5.41) is 12.9. The summed E-state index contributed by atoms with van der Waals surface area (Å²) in [7, 11) is -0.468. The predicted octanol–water partition coefficient (Wildman–Crippen LogP) is 0.469. The van der Waals surface area contributed by atoms with Gasteiger partial charge in [0.15, 0.2) is 5.96 Å². The molecule has 0 aliphatic carbocycles. The lowest BCUT2D eigenvalue weighted by atomic mass is 10.2. The summed E-state index contributed by atoms with van der Waals surface area (Å²) >= 11 is 0. The van der Waals surface area contributed by atoms with Crippen molar-refractivity contribution in [3.63, 3.8) is 0 Å². The molecular formula is C16H26N4O3S. The van der Waals surface area contributed by atoms with Gasteiger partial charge in [-0.15, -0.1) is 0 Å². The Labute approximate surface area is 144 Å². The largest absolute Gasteiger partial charge is 0.391 e. The fourth-order valence-corrected chi connectivity index (χ4v) is 3.71. The summed E-state index contributed by atoms with van der Waals surface area (Å²) in [6.07, 6.45) is 0.381. The number of nitrogens with one attached hydrogen (secondary N) is 1. The monoisotopic (exact) mass is 354 g/mol. The van der Waals surface area contributed by atoms with Crippen molar-refractivity contribution in [1.82, 2.24) is 14.5 Å². The number of aliphatic imine (C=N–C) groups is 1. The van der Waals surface area contributed by atoms with E-state index in [2.05, 4.69) is 10.3 Å². The van der Waals surface area contributed by atoms with Gasteiger partial charge in [0.05, 0.1) is 17.5 Å². The van der Waals surface area contributed by atoms with Crippen LogP contribution in [0.5, 0.6) is 0 Å². The highest BCUT2D eigenvalue weighted by molar-refractivity contribution is 7.89. The molecule has 134 valence electrons. The van der Waals surface area contributed by atoms with E-state index in [0.29, 0.717) is 24.6 Å². The van der Waals surface area contributed by atoms with Gasteiger partial charge in [-0.05, 0) is 25.0 Å². The van der Waals surface area contributed by atoms with Gasteiger partial charge in [-0.3, -0.25) is 0 Å². The van der Waals surface area contributed by atoms with Gasteiger partial charge < -0.3 is 15.3 Å². The van der Waals surface area contributed by atoms with E-state index in [1.54, 1.807) is 18.2 Å². The van der Waals surface area contributed by atoms with Gasteiger partial charge in [-0.25, -0.2) is 17.7 Å². The third-order valence-corrected chi connectivity index (χ3v) is 5.84. The number of β-amino-alcohol motifs (C(OH)–C–C–N with tert-alkyl or cyclic N) is 1. The summed E-state index contributed by atoms with van der Waals surface area (Å²) in [6, 6.07) is 6.91. The average Bonchev–Trinajstić information content (AvgIpc) is 2.98. The molecule has 0 aromatic heterocycles. The number of aliphatic hydroxyl groups is 1. The van der Waals surface area contributed by atoms with E-state index in [1.807, 2.05) is 17.9 Å². The Balaban J connectivity index is 2.26. The van der Waals surface area contributed by atoms with Crippen molar-refractivity contribution in [2.45, 2.75) is 30.9 Å². The highest BCUT2D eigenvalue weighted by atomic mass is 32.2. The molecule has 1 aromatic rings. The molecule has 1 saturated heterocycles. The van der Waals surface area contributed by atoms with E-state index in [9.17, 15) is 13.5 Å². The van der Waals surface area contributed by atoms with Gasteiger partial charge in [-0.1, -0.05) is 18.2 Å². The van der Waals surface area contributed by atoms with E-state index >= 15 is 0 Å². The van der Waals surface area contributed by atoms with Crippen molar-refractivity contribution < 1.29 is 13.5 Å². The zero-order chi connectivity index (χ0) is 17.7. The van der Waals surface area contributed by atoms with Crippen molar-refractivity contribution >= 4 is 16.0 Å². The highest BCUT2D eigenvalue weighted by Gasteiger charge is 2.24. The van der Waals surface area contributed by atoms with Crippen LogP contribution in [0.1, 0.15) is 18.9 Å². The number of nitrogens with zero attached hydrogens (tertiary/aromatic N) is 3. The Hall–Kier alpha value is -1.64. The topological polar surface area (TPSA) is 85.2 Å². The Morgan fingerprint density at radius 1 is 1.42 bits per heavy atom. The molecule has 1 heterocycles. The number of aliphatic hydroxyl groups excluding tert-OH is 1. The van der Waals surface area contributed by atoms with Crippen LogP contribution in [0.2, 0.25) is 0 Å². The smallest absolute Gasteiger partial charge is 0.242 e. The lowest BCUT2D eigenvalue weighted by Gasteiger charge is -2.21. The molecule has 1 fully saturated rings. The first-order valence-corrected chi connectivity index (χ1v) is 9.52. The van der Waals surface area contributed by atoms with Gasteiger partial charge >= 0.3 is 0 Å². The van der Waals surface area contributed by atoms with Crippen LogP contribution >= 0.6 is 0 Å². The van der Waals surface area contributed by atoms with Crippen molar-refractivity contribution in [2.75, 3.05) is 33.7 Å². The first-order valence-electron chi connectivity index (χ1n) is 8.08. The third kappa shape index (κ3) is 4.25. The second kappa shape index (κ2) is 7.96. The third-order valence-electron chi connectivity index (χ3n) is 3.93. The maximum Gasteiger partial charge on any atom is 0.242 e. The Bertz CT molecular complexity index is 688. The second-order valence-corrected chi connectivity index (χ2v) is 8.07. The van der Waals surface area contributed by atoms with Gasteiger partial charge in [0.1, 0.15) is 0 Å². The van der Waals surface area contributed by atoms with Gasteiger partial charge in [0, 0.05) is 33.7 Å². The maximum atomic E-state index is 12.4. The lowest BCUT2D eigenvalue weighted by molar-refractivity contribution is 0.188. The summed E-state index contributed by atoms with van der Waals surface area (Å²) in [4.78, 5) is 6.84. The molecule has 0 bridgehead atoms. The highest BCUT2D eigenvalue weighted by Crippen LogP contribution is 2.19. The molecule has 0 radical (unpaired) electrons. The second-order valence-electron chi connectivity index (χ2n) is 5.95. The fourth-order valence-electron chi connectivity index (χ4n) is 2.60. The fraction of sp³-hybridized carbons (Fsp3) is 0.562. The molecule has 0 saturated carbocycles. The first-order chi connectivity index (χ1) is 11.4. The number of hydrogen-bond acceptors (Lipinski definition) is 4. The Kier molecular flexibility index (Phi) is 6.20. The standard InChI is InChI=1S/C16H26N4O3S/c1-4-17-16(20-10-9-14(21)12-20)18-11-13-7-5-6-8-15(13)24(22,23)19(2)3/h5-8,14,21H,4,9-12H2,1-3H3,(H,17,18)/t14-/m1/s1. The molecule has 1 aliphatic rings. The van der Waals surface area contributed by atoms with Crippen LogP contribution in [0.25, 0.3) is 0 Å². The van der Waals surface area contributed by atoms with Crippen LogP contribution < -0.4 is 5.32 Å². The minimum Gasteiger partial charge on any atom is -0.391 e. The van der Waals surface area contributed by atoms with E-state index in [4.69, 9.17) is 0 Å². The molecule has 1 aromatic carbocycles. The SMILES string of the molecule is CCNC(=NCc1ccccc1S(=O)(=O)N(C)C)N1CC[C@@H](O)C1.